The lowest BCUT2D eigenvalue weighted by Gasteiger charge is -2.25. The molecule has 2 atom stereocenters. The second kappa shape index (κ2) is 8.12. The summed E-state index contributed by atoms with van der Waals surface area (Å²) in [5.41, 5.74) is 2.28. The normalized spacial score (nSPS) is 20.1. The van der Waals surface area contributed by atoms with E-state index >= 15 is 0 Å². The van der Waals surface area contributed by atoms with Gasteiger partial charge in [0.1, 0.15) is 5.75 Å². The van der Waals surface area contributed by atoms with Crippen LogP contribution >= 0.6 is 0 Å². The summed E-state index contributed by atoms with van der Waals surface area (Å²) in [5, 5.41) is 3.50. The number of likely N-dealkylation sites (tertiary alicyclic amines) is 1. The summed E-state index contributed by atoms with van der Waals surface area (Å²) in [6.45, 7) is 4.20. The van der Waals surface area contributed by atoms with Gasteiger partial charge >= 0.3 is 0 Å². The highest BCUT2D eigenvalue weighted by molar-refractivity contribution is 5.79. The second-order valence-electron chi connectivity index (χ2n) is 6.41. The Kier molecular flexibility index (Phi) is 5.66. The molecule has 25 heavy (non-hydrogen) atoms. The average Bonchev–Trinajstić information content (AvgIpc) is 2.90. The number of rotatable bonds is 7. The fourth-order valence-electron chi connectivity index (χ4n) is 3.50. The first-order valence-electron chi connectivity index (χ1n) is 8.77. The van der Waals surface area contributed by atoms with Gasteiger partial charge in [0, 0.05) is 44.9 Å². The number of ether oxygens (including phenoxy) is 1. The number of aromatic nitrogens is 1. The lowest BCUT2D eigenvalue weighted by molar-refractivity contribution is -0.127. The molecule has 3 rings (SSSR count). The first-order chi connectivity index (χ1) is 12.2. The smallest absolute Gasteiger partial charge is 0.223 e. The van der Waals surface area contributed by atoms with Gasteiger partial charge in [-0.1, -0.05) is 18.2 Å². The summed E-state index contributed by atoms with van der Waals surface area (Å²) in [6.07, 6.45) is 4.19. The third-order valence-electron chi connectivity index (χ3n) is 4.67. The van der Waals surface area contributed by atoms with Crippen molar-refractivity contribution < 1.29 is 9.53 Å². The van der Waals surface area contributed by atoms with Crippen molar-refractivity contribution in [2.45, 2.75) is 25.9 Å². The van der Waals surface area contributed by atoms with Crippen LogP contribution in [0.3, 0.4) is 0 Å². The van der Waals surface area contributed by atoms with Crippen molar-refractivity contribution in [3.05, 3.63) is 59.9 Å². The van der Waals surface area contributed by atoms with E-state index in [9.17, 15) is 4.79 Å². The highest BCUT2D eigenvalue weighted by atomic mass is 16.5. The van der Waals surface area contributed by atoms with E-state index in [-0.39, 0.29) is 17.9 Å². The summed E-state index contributed by atoms with van der Waals surface area (Å²) >= 11 is 0. The molecular formula is C20H25N3O2. The van der Waals surface area contributed by atoms with E-state index in [1.807, 2.05) is 49.3 Å². The van der Waals surface area contributed by atoms with Crippen molar-refractivity contribution in [3.63, 3.8) is 0 Å². The SMILES string of the molecule is CCOc1cccc(CNC[C@@H]2CC(=O)N(C)[C@H]2c2cccnc2)c1. The minimum Gasteiger partial charge on any atom is -0.494 e. The molecule has 132 valence electrons. The summed E-state index contributed by atoms with van der Waals surface area (Å²) < 4.78 is 5.54. The Morgan fingerprint density at radius 3 is 2.96 bits per heavy atom. The monoisotopic (exact) mass is 339 g/mol. The van der Waals surface area contributed by atoms with Crippen LogP contribution < -0.4 is 10.1 Å². The van der Waals surface area contributed by atoms with E-state index in [1.165, 1.54) is 5.56 Å². The molecule has 1 aliphatic rings. The van der Waals surface area contributed by atoms with Crippen molar-refractivity contribution in [3.8, 4) is 5.75 Å². The molecule has 1 aliphatic heterocycles. The number of benzene rings is 1. The Morgan fingerprint density at radius 1 is 1.32 bits per heavy atom. The van der Waals surface area contributed by atoms with Gasteiger partial charge in [0.15, 0.2) is 0 Å². The Bertz CT molecular complexity index is 705. The largest absolute Gasteiger partial charge is 0.494 e. The summed E-state index contributed by atoms with van der Waals surface area (Å²) in [4.78, 5) is 18.2. The lowest BCUT2D eigenvalue weighted by Crippen LogP contribution is -2.29. The molecule has 5 heteroatoms. The third-order valence-corrected chi connectivity index (χ3v) is 4.67. The lowest BCUT2D eigenvalue weighted by atomic mass is 9.94. The zero-order valence-electron chi connectivity index (χ0n) is 14.8. The van der Waals surface area contributed by atoms with E-state index in [0.29, 0.717) is 13.0 Å². The first-order valence-corrected chi connectivity index (χ1v) is 8.77. The van der Waals surface area contributed by atoms with Crippen LogP contribution in [0.2, 0.25) is 0 Å². The van der Waals surface area contributed by atoms with Gasteiger partial charge in [-0.25, -0.2) is 0 Å². The van der Waals surface area contributed by atoms with Crippen molar-refractivity contribution in [2.75, 3.05) is 20.2 Å². The molecule has 1 fully saturated rings. The molecule has 1 N–H and O–H groups in total. The number of nitrogens with zero attached hydrogens (tertiary/aromatic N) is 2. The van der Waals surface area contributed by atoms with Gasteiger partial charge in [-0.05, 0) is 36.2 Å². The summed E-state index contributed by atoms with van der Waals surface area (Å²) in [7, 11) is 1.88. The van der Waals surface area contributed by atoms with Crippen LogP contribution in [0.1, 0.15) is 30.5 Å². The third kappa shape index (κ3) is 4.17. The van der Waals surface area contributed by atoms with Crippen molar-refractivity contribution in [1.29, 1.82) is 0 Å². The molecule has 0 saturated carbocycles. The molecule has 2 aromatic rings. The highest BCUT2D eigenvalue weighted by Gasteiger charge is 2.38. The van der Waals surface area contributed by atoms with Crippen LogP contribution in [0.5, 0.6) is 5.75 Å². The molecule has 0 unspecified atom stereocenters. The fraction of sp³-hybridized carbons (Fsp3) is 0.400. The Hall–Kier alpha value is -2.40. The molecule has 1 aromatic carbocycles. The van der Waals surface area contributed by atoms with Crippen molar-refractivity contribution in [2.24, 2.45) is 5.92 Å². The first kappa shape index (κ1) is 17.4. The van der Waals surface area contributed by atoms with Gasteiger partial charge in [0.05, 0.1) is 12.6 Å². The predicted octanol–water partition coefficient (Wildman–Crippen LogP) is 2.79. The molecular weight excluding hydrogens is 314 g/mol. The van der Waals surface area contributed by atoms with Crippen LogP contribution in [0.25, 0.3) is 0 Å². The number of amides is 1. The molecule has 1 aromatic heterocycles. The van der Waals surface area contributed by atoms with E-state index < -0.39 is 0 Å². The molecule has 0 radical (unpaired) electrons. The summed E-state index contributed by atoms with van der Waals surface area (Å²) in [5.74, 6) is 1.33. The van der Waals surface area contributed by atoms with Crippen LogP contribution in [-0.2, 0) is 11.3 Å². The van der Waals surface area contributed by atoms with Crippen molar-refractivity contribution in [1.82, 2.24) is 15.2 Å². The maximum atomic E-state index is 12.2. The molecule has 0 bridgehead atoms. The zero-order valence-corrected chi connectivity index (χ0v) is 14.8. The molecule has 0 spiro atoms. The number of hydrogen-bond acceptors (Lipinski definition) is 4. The standard InChI is InChI=1S/C20H25N3O2/c1-3-25-18-8-4-6-15(10-18)12-22-14-17-11-19(24)23(2)20(17)16-7-5-9-21-13-16/h4-10,13,17,20,22H,3,11-12,14H2,1-2H3/t17-,20-/m0/s1. The molecule has 0 aliphatic carbocycles. The number of hydrogen-bond donors (Lipinski definition) is 1. The van der Waals surface area contributed by atoms with Crippen LogP contribution in [0.4, 0.5) is 0 Å². The fourth-order valence-corrected chi connectivity index (χ4v) is 3.50. The molecule has 2 heterocycles. The summed E-state index contributed by atoms with van der Waals surface area (Å²) in [6, 6.07) is 12.2. The minimum absolute atomic E-state index is 0.0865. The number of carbonyl (C=O) groups excluding carboxylic acids is 1. The zero-order chi connectivity index (χ0) is 17.6. The van der Waals surface area contributed by atoms with E-state index in [4.69, 9.17) is 4.74 Å². The van der Waals surface area contributed by atoms with Crippen LogP contribution in [-0.4, -0.2) is 36.0 Å². The van der Waals surface area contributed by atoms with Gasteiger partial charge in [0.25, 0.3) is 0 Å². The quantitative estimate of drug-likeness (QED) is 0.843. The maximum Gasteiger partial charge on any atom is 0.223 e. The van der Waals surface area contributed by atoms with Gasteiger partial charge < -0.3 is 15.0 Å². The van der Waals surface area contributed by atoms with Crippen LogP contribution in [0.15, 0.2) is 48.8 Å². The number of nitrogens with one attached hydrogen (secondary N) is 1. The van der Waals surface area contributed by atoms with E-state index in [2.05, 4.69) is 22.4 Å². The number of carbonyl (C=O) groups is 1. The molecule has 1 saturated heterocycles. The van der Waals surface area contributed by atoms with Gasteiger partial charge in [0.2, 0.25) is 5.91 Å². The van der Waals surface area contributed by atoms with Crippen LogP contribution in [0, 0.1) is 5.92 Å². The predicted molar refractivity (Wildman–Crippen MR) is 97.2 cm³/mol. The highest BCUT2D eigenvalue weighted by Crippen LogP contribution is 2.36. The number of pyridine rings is 1. The maximum absolute atomic E-state index is 12.2. The Labute approximate surface area is 149 Å². The Balaban J connectivity index is 1.62. The van der Waals surface area contributed by atoms with Gasteiger partial charge in [-0.15, -0.1) is 0 Å². The second-order valence-corrected chi connectivity index (χ2v) is 6.41. The Morgan fingerprint density at radius 2 is 2.20 bits per heavy atom. The topological polar surface area (TPSA) is 54.5 Å². The molecule has 5 nitrogen and oxygen atoms in total. The van der Waals surface area contributed by atoms with Crippen molar-refractivity contribution >= 4 is 5.91 Å². The van der Waals surface area contributed by atoms with E-state index in [1.54, 1.807) is 6.20 Å². The average molecular weight is 339 g/mol. The van der Waals surface area contributed by atoms with E-state index in [0.717, 1.165) is 24.4 Å². The van der Waals surface area contributed by atoms with Gasteiger partial charge in [-0.3, -0.25) is 9.78 Å². The molecule has 1 amide bonds. The van der Waals surface area contributed by atoms with Gasteiger partial charge in [-0.2, -0.15) is 0 Å². The minimum atomic E-state index is 0.0865.